The molecule has 0 aliphatic carbocycles. The first-order valence-corrected chi connectivity index (χ1v) is 10.5. The van der Waals surface area contributed by atoms with Crippen LogP contribution in [-0.2, 0) is 22.2 Å². The Labute approximate surface area is 168 Å². The molecule has 7 heteroatoms. The summed E-state index contributed by atoms with van der Waals surface area (Å²) < 4.78 is 30.6. The quantitative estimate of drug-likeness (QED) is 0.609. The van der Waals surface area contributed by atoms with Crippen LogP contribution >= 0.6 is 0 Å². The minimum absolute atomic E-state index is 0.100. The average molecular weight is 412 g/mol. The van der Waals surface area contributed by atoms with Gasteiger partial charge in [0.05, 0.1) is 10.6 Å². The molecular formula is C22H20O6S. The summed E-state index contributed by atoms with van der Waals surface area (Å²) in [5.74, 6) is -1.36. The predicted octanol–water partition coefficient (Wildman–Crippen LogP) is 3.95. The smallest absolute Gasteiger partial charge is 0.339 e. The summed E-state index contributed by atoms with van der Waals surface area (Å²) in [6, 6.07) is 17.7. The van der Waals surface area contributed by atoms with Crippen molar-refractivity contribution in [3.63, 3.8) is 0 Å². The maximum Gasteiger partial charge on any atom is 0.339 e. The summed E-state index contributed by atoms with van der Waals surface area (Å²) in [6.07, 6.45) is 0. The van der Waals surface area contributed by atoms with Gasteiger partial charge in [-0.05, 0) is 48.4 Å². The van der Waals surface area contributed by atoms with Gasteiger partial charge in [0.25, 0.3) is 0 Å². The van der Waals surface area contributed by atoms with Gasteiger partial charge in [-0.25, -0.2) is 13.2 Å². The molecule has 0 unspecified atom stereocenters. The number of sulfone groups is 1. The van der Waals surface area contributed by atoms with E-state index in [1.165, 1.54) is 18.2 Å². The summed E-state index contributed by atoms with van der Waals surface area (Å²) >= 11 is 0. The molecule has 3 rings (SSSR count). The van der Waals surface area contributed by atoms with Crippen molar-refractivity contribution in [2.24, 2.45) is 0 Å². The van der Waals surface area contributed by atoms with E-state index in [0.717, 1.165) is 11.1 Å². The first-order valence-electron chi connectivity index (χ1n) is 8.81. The van der Waals surface area contributed by atoms with E-state index < -0.39 is 15.8 Å². The van der Waals surface area contributed by atoms with Crippen molar-refractivity contribution in [1.29, 1.82) is 0 Å². The Morgan fingerprint density at radius 3 is 2.17 bits per heavy atom. The molecule has 0 spiro atoms. The number of ether oxygens (including phenoxy) is 1. The van der Waals surface area contributed by atoms with Crippen LogP contribution < -0.4 is 4.74 Å². The minimum Gasteiger partial charge on any atom is -0.507 e. The normalized spacial score (nSPS) is 11.2. The fourth-order valence-electron chi connectivity index (χ4n) is 2.72. The Bertz CT molecular complexity index is 1120. The number of aromatic hydroxyl groups is 1. The molecule has 0 bridgehead atoms. The second-order valence-electron chi connectivity index (χ2n) is 6.66. The zero-order valence-electron chi connectivity index (χ0n) is 15.7. The van der Waals surface area contributed by atoms with Crippen LogP contribution in [-0.4, -0.2) is 24.6 Å². The van der Waals surface area contributed by atoms with Gasteiger partial charge >= 0.3 is 5.97 Å². The lowest BCUT2D eigenvalue weighted by molar-refractivity contribution is 0.0693. The number of carbonyl (C=O) groups is 1. The van der Waals surface area contributed by atoms with Gasteiger partial charge in [0.2, 0.25) is 0 Å². The van der Waals surface area contributed by atoms with Gasteiger partial charge in [0, 0.05) is 0 Å². The number of rotatable bonds is 7. The number of hydrogen-bond acceptors (Lipinski definition) is 5. The number of aromatic carboxylic acids is 1. The van der Waals surface area contributed by atoms with E-state index >= 15 is 0 Å². The molecule has 0 aromatic heterocycles. The van der Waals surface area contributed by atoms with E-state index in [2.05, 4.69) is 0 Å². The Balaban J connectivity index is 1.65. The molecule has 0 radical (unpaired) electrons. The van der Waals surface area contributed by atoms with Crippen molar-refractivity contribution in [3.05, 3.63) is 89.0 Å². The van der Waals surface area contributed by atoms with E-state index in [1.807, 2.05) is 6.92 Å². The maximum absolute atomic E-state index is 12.5. The van der Waals surface area contributed by atoms with E-state index in [1.54, 1.807) is 48.5 Å². The molecule has 2 N–H and O–H groups in total. The van der Waals surface area contributed by atoms with Crippen molar-refractivity contribution in [2.75, 3.05) is 0 Å². The van der Waals surface area contributed by atoms with Crippen molar-refractivity contribution >= 4 is 15.8 Å². The number of phenols is 1. The Morgan fingerprint density at radius 2 is 1.55 bits per heavy atom. The van der Waals surface area contributed by atoms with Crippen molar-refractivity contribution < 1.29 is 28.2 Å². The van der Waals surface area contributed by atoms with E-state index in [0.29, 0.717) is 11.3 Å². The van der Waals surface area contributed by atoms with Gasteiger partial charge in [-0.3, -0.25) is 0 Å². The molecule has 0 aliphatic heterocycles. The van der Waals surface area contributed by atoms with Crippen LogP contribution in [0.5, 0.6) is 11.5 Å². The first-order chi connectivity index (χ1) is 13.7. The number of aryl methyl sites for hydroxylation is 1. The molecule has 0 fully saturated rings. The summed E-state index contributed by atoms with van der Waals surface area (Å²) in [5.41, 5.74) is 2.22. The Kier molecular flexibility index (Phi) is 5.89. The fourth-order valence-corrected chi connectivity index (χ4v) is 4.07. The molecule has 3 aromatic rings. The third kappa shape index (κ3) is 5.14. The Hall–Kier alpha value is -3.32. The molecule has 29 heavy (non-hydrogen) atoms. The van der Waals surface area contributed by atoms with Crippen LogP contribution in [0.1, 0.15) is 27.0 Å². The van der Waals surface area contributed by atoms with Crippen molar-refractivity contribution in [2.45, 2.75) is 24.2 Å². The summed E-state index contributed by atoms with van der Waals surface area (Å²) in [6.45, 7) is 2.08. The summed E-state index contributed by atoms with van der Waals surface area (Å²) in [5, 5.41) is 18.6. The zero-order chi connectivity index (χ0) is 21.0. The molecule has 0 heterocycles. The van der Waals surface area contributed by atoms with Gasteiger partial charge in [-0.1, -0.05) is 42.0 Å². The molecule has 0 saturated heterocycles. The van der Waals surface area contributed by atoms with E-state index in [9.17, 15) is 18.3 Å². The third-order valence-corrected chi connectivity index (χ3v) is 6.07. The van der Waals surface area contributed by atoms with Gasteiger partial charge in [0.15, 0.2) is 9.84 Å². The predicted molar refractivity (Wildman–Crippen MR) is 108 cm³/mol. The maximum atomic E-state index is 12.5. The highest BCUT2D eigenvalue weighted by Gasteiger charge is 2.15. The molecule has 0 atom stereocenters. The van der Waals surface area contributed by atoms with Crippen LogP contribution in [0, 0.1) is 6.92 Å². The highest BCUT2D eigenvalue weighted by atomic mass is 32.2. The molecule has 0 aliphatic rings. The van der Waals surface area contributed by atoms with Gasteiger partial charge in [-0.15, -0.1) is 0 Å². The molecule has 0 amide bonds. The lowest BCUT2D eigenvalue weighted by atomic mass is 10.1. The van der Waals surface area contributed by atoms with E-state index in [-0.39, 0.29) is 28.6 Å². The SMILES string of the molecule is Cc1ccc(S(=O)(=O)Cc2ccc(COc3ccc(O)c(C(=O)O)c3)cc2)cc1. The first kappa shape index (κ1) is 20.4. The van der Waals surface area contributed by atoms with Gasteiger partial charge < -0.3 is 14.9 Å². The van der Waals surface area contributed by atoms with Gasteiger partial charge in [-0.2, -0.15) is 0 Å². The van der Waals surface area contributed by atoms with Gasteiger partial charge in [0.1, 0.15) is 23.7 Å². The number of carboxylic acids is 1. The average Bonchev–Trinajstić information content (AvgIpc) is 2.68. The molecular weight excluding hydrogens is 392 g/mol. The van der Waals surface area contributed by atoms with Crippen LogP contribution in [0.15, 0.2) is 71.6 Å². The topological polar surface area (TPSA) is 101 Å². The highest BCUT2D eigenvalue weighted by molar-refractivity contribution is 7.90. The fraction of sp³-hybridized carbons (Fsp3) is 0.136. The molecule has 150 valence electrons. The molecule has 6 nitrogen and oxygen atoms in total. The lowest BCUT2D eigenvalue weighted by Gasteiger charge is -2.09. The van der Waals surface area contributed by atoms with Crippen LogP contribution in [0.25, 0.3) is 0 Å². The second kappa shape index (κ2) is 8.36. The Morgan fingerprint density at radius 1 is 0.931 bits per heavy atom. The van der Waals surface area contributed by atoms with Crippen molar-refractivity contribution in [1.82, 2.24) is 0 Å². The minimum atomic E-state index is -3.43. The number of benzene rings is 3. The standard InChI is InChI=1S/C22H20O6S/c1-15-2-9-19(10-3-15)29(26,27)14-17-6-4-16(5-7-17)13-28-18-8-11-21(23)20(12-18)22(24)25/h2-12,23H,13-14H2,1H3,(H,24,25). The summed E-state index contributed by atoms with van der Waals surface area (Å²) in [4.78, 5) is 11.3. The monoisotopic (exact) mass is 412 g/mol. The largest absolute Gasteiger partial charge is 0.507 e. The van der Waals surface area contributed by atoms with E-state index in [4.69, 9.17) is 9.84 Å². The summed E-state index contributed by atoms with van der Waals surface area (Å²) in [7, 11) is -3.43. The van der Waals surface area contributed by atoms with Crippen molar-refractivity contribution in [3.8, 4) is 11.5 Å². The molecule has 0 saturated carbocycles. The highest BCUT2D eigenvalue weighted by Crippen LogP contribution is 2.24. The van der Waals surface area contributed by atoms with Crippen LogP contribution in [0.3, 0.4) is 0 Å². The lowest BCUT2D eigenvalue weighted by Crippen LogP contribution is -2.05. The third-order valence-electron chi connectivity index (χ3n) is 4.36. The van der Waals surface area contributed by atoms with Crippen LogP contribution in [0.2, 0.25) is 0 Å². The van der Waals surface area contributed by atoms with Crippen LogP contribution in [0.4, 0.5) is 0 Å². The zero-order valence-corrected chi connectivity index (χ0v) is 16.5. The number of hydrogen-bond donors (Lipinski definition) is 2. The second-order valence-corrected chi connectivity index (χ2v) is 8.65. The number of carboxylic acid groups (broad SMARTS) is 1. The molecule has 3 aromatic carbocycles.